The highest BCUT2D eigenvalue weighted by molar-refractivity contribution is 7.92. The summed E-state index contributed by atoms with van der Waals surface area (Å²) in [6.45, 7) is 6.86. The SMILES string of the molecule is CCc1ccc(S(=O)(=O)Nc2cc(C(=O)O)cnc2N2CCCC(CN3CCCC3)C2)cc1. The molecule has 1 aromatic carbocycles. The molecule has 33 heavy (non-hydrogen) atoms. The van der Waals surface area contributed by atoms with E-state index >= 15 is 0 Å². The van der Waals surface area contributed by atoms with E-state index in [4.69, 9.17) is 0 Å². The minimum absolute atomic E-state index is 0.0524. The molecule has 2 fully saturated rings. The molecule has 178 valence electrons. The number of hydrogen-bond donors (Lipinski definition) is 2. The summed E-state index contributed by atoms with van der Waals surface area (Å²) in [5.74, 6) is -0.184. The Hall–Kier alpha value is -2.65. The number of carbonyl (C=O) groups is 1. The summed E-state index contributed by atoms with van der Waals surface area (Å²) >= 11 is 0. The van der Waals surface area contributed by atoms with Gasteiger partial charge < -0.3 is 14.9 Å². The van der Waals surface area contributed by atoms with Crippen LogP contribution >= 0.6 is 0 Å². The van der Waals surface area contributed by atoms with Gasteiger partial charge in [-0.1, -0.05) is 19.1 Å². The number of rotatable bonds is 8. The molecule has 0 aliphatic carbocycles. The molecule has 2 aromatic rings. The standard InChI is InChI=1S/C24H32N4O4S/c1-2-18-7-9-21(10-8-18)33(31,32)26-22-14-20(24(29)30)15-25-23(22)28-13-5-6-19(17-28)16-27-11-3-4-12-27/h7-10,14-15,19,26H,2-6,11-13,16-17H2,1H3,(H,29,30). The number of carboxylic acid groups (broad SMARTS) is 1. The molecule has 1 aromatic heterocycles. The van der Waals surface area contributed by atoms with E-state index in [9.17, 15) is 18.3 Å². The van der Waals surface area contributed by atoms with E-state index in [-0.39, 0.29) is 16.1 Å². The number of aromatic carboxylic acids is 1. The smallest absolute Gasteiger partial charge is 0.337 e. The Balaban J connectivity index is 1.59. The van der Waals surface area contributed by atoms with Crippen LogP contribution in [0.3, 0.4) is 0 Å². The van der Waals surface area contributed by atoms with Crippen molar-refractivity contribution in [2.24, 2.45) is 5.92 Å². The summed E-state index contributed by atoms with van der Waals surface area (Å²) < 4.78 is 28.8. The first kappa shape index (κ1) is 23.5. The summed E-state index contributed by atoms with van der Waals surface area (Å²) in [7, 11) is -3.89. The van der Waals surface area contributed by atoms with Crippen molar-refractivity contribution in [3.05, 3.63) is 47.7 Å². The van der Waals surface area contributed by atoms with Gasteiger partial charge in [-0.25, -0.2) is 18.2 Å². The van der Waals surface area contributed by atoms with Gasteiger partial charge in [-0.2, -0.15) is 0 Å². The Bertz CT molecular complexity index is 1080. The number of benzene rings is 1. The molecule has 2 aliphatic rings. The lowest BCUT2D eigenvalue weighted by atomic mass is 9.97. The first-order valence-corrected chi connectivity index (χ1v) is 13.2. The van der Waals surface area contributed by atoms with Crippen molar-refractivity contribution >= 4 is 27.5 Å². The molecule has 0 saturated carbocycles. The van der Waals surface area contributed by atoms with Gasteiger partial charge in [0.1, 0.15) is 0 Å². The maximum Gasteiger partial charge on any atom is 0.337 e. The number of carboxylic acids is 1. The third-order valence-electron chi connectivity index (χ3n) is 6.53. The second-order valence-corrected chi connectivity index (χ2v) is 10.6. The average Bonchev–Trinajstić information content (AvgIpc) is 3.32. The van der Waals surface area contributed by atoms with Gasteiger partial charge in [-0.15, -0.1) is 0 Å². The number of pyridine rings is 1. The third-order valence-corrected chi connectivity index (χ3v) is 7.91. The summed E-state index contributed by atoms with van der Waals surface area (Å²) in [6, 6.07) is 8.08. The van der Waals surface area contributed by atoms with E-state index in [2.05, 4.69) is 19.5 Å². The van der Waals surface area contributed by atoms with Gasteiger partial charge in [0, 0.05) is 25.8 Å². The van der Waals surface area contributed by atoms with Crippen LogP contribution in [0.1, 0.15) is 48.5 Å². The molecule has 0 bridgehead atoms. The second-order valence-electron chi connectivity index (χ2n) is 8.97. The molecular formula is C24H32N4O4S. The Kier molecular flexibility index (Phi) is 7.19. The Morgan fingerprint density at radius 1 is 1.15 bits per heavy atom. The second kappa shape index (κ2) is 10.1. The minimum atomic E-state index is -3.89. The number of aromatic nitrogens is 1. The van der Waals surface area contributed by atoms with Crippen molar-refractivity contribution in [3.63, 3.8) is 0 Å². The van der Waals surface area contributed by atoms with Crippen LogP contribution in [0, 0.1) is 5.92 Å². The quantitative estimate of drug-likeness (QED) is 0.606. The topological polar surface area (TPSA) is 103 Å². The number of nitrogens with one attached hydrogen (secondary N) is 1. The predicted molar refractivity (Wildman–Crippen MR) is 128 cm³/mol. The van der Waals surface area contributed by atoms with Gasteiger partial charge in [0.2, 0.25) is 0 Å². The molecule has 8 nitrogen and oxygen atoms in total. The minimum Gasteiger partial charge on any atom is -0.478 e. The number of likely N-dealkylation sites (tertiary alicyclic amines) is 1. The van der Waals surface area contributed by atoms with E-state index in [0.717, 1.165) is 57.5 Å². The Labute approximate surface area is 195 Å². The zero-order valence-corrected chi connectivity index (χ0v) is 19.9. The molecule has 0 radical (unpaired) electrons. The van der Waals surface area contributed by atoms with Crippen LogP contribution in [0.4, 0.5) is 11.5 Å². The fraction of sp³-hybridized carbons (Fsp3) is 0.500. The van der Waals surface area contributed by atoms with Crippen LogP contribution in [0.5, 0.6) is 0 Å². The van der Waals surface area contributed by atoms with Crippen molar-refractivity contribution < 1.29 is 18.3 Å². The first-order valence-electron chi connectivity index (χ1n) is 11.7. The lowest BCUT2D eigenvalue weighted by Gasteiger charge is -2.36. The summed E-state index contributed by atoms with van der Waals surface area (Å²) in [5, 5.41) is 9.45. The fourth-order valence-corrected chi connectivity index (χ4v) is 5.80. The molecule has 2 saturated heterocycles. The normalized spacial score (nSPS) is 19.5. The molecule has 4 rings (SSSR count). The van der Waals surface area contributed by atoms with Crippen LogP contribution < -0.4 is 9.62 Å². The number of anilines is 2. The van der Waals surface area contributed by atoms with E-state index in [1.165, 1.54) is 25.1 Å². The number of sulfonamides is 1. The summed E-state index contributed by atoms with van der Waals surface area (Å²) in [4.78, 5) is 20.7. The molecule has 3 heterocycles. The summed E-state index contributed by atoms with van der Waals surface area (Å²) in [5.41, 5.74) is 1.20. The van der Waals surface area contributed by atoms with Crippen LogP contribution in [0.25, 0.3) is 0 Å². The van der Waals surface area contributed by atoms with Crippen molar-refractivity contribution in [3.8, 4) is 0 Å². The highest BCUT2D eigenvalue weighted by Crippen LogP contribution is 2.31. The van der Waals surface area contributed by atoms with Crippen molar-refractivity contribution in [2.45, 2.75) is 43.9 Å². The molecule has 0 spiro atoms. The Morgan fingerprint density at radius 3 is 2.55 bits per heavy atom. The number of piperidine rings is 1. The van der Waals surface area contributed by atoms with Crippen LogP contribution in [0.15, 0.2) is 41.4 Å². The summed E-state index contributed by atoms with van der Waals surface area (Å²) in [6.07, 6.45) is 6.74. The van der Waals surface area contributed by atoms with Crippen LogP contribution in [0.2, 0.25) is 0 Å². The predicted octanol–water partition coefficient (Wildman–Crippen LogP) is 3.46. The highest BCUT2D eigenvalue weighted by atomic mass is 32.2. The van der Waals surface area contributed by atoms with Crippen molar-refractivity contribution in [1.82, 2.24) is 9.88 Å². The van der Waals surface area contributed by atoms with Gasteiger partial charge in [0.25, 0.3) is 10.0 Å². The average molecular weight is 473 g/mol. The lowest BCUT2D eigenvalue weighted by molar-refractivity contribution is 0.0696. The van der Waals surface area contributed by atoms with Gasteiger partial charge >= 0.3 is 5.97 Å². The van der Waals surface area contributed by atoms with E-state index in [0.29, 0.717) is 11.7 Å². The number of hydrogen-bond acceptors (Lipinski definition) is 6. The molecule has 0 amide bonds. The molecule has 1 atom stereocenters. The number of nitrogens with zero attached hydrogens (tertiary/aromatic N) is 3. The fourth-order valence-electron chi connectivity index (χ4n) is 4.75. The highest BCUT2D eigenvalue weighted by Gasteiger charge is 2.27. The van der Waals surface area contributed by atoms with E-state index in [1.54, 1.807) is 24.3 Å². The van der Waals surface area contributed by atoms with Gasteiger partial charge in [0.15, 0.2) is 5.82 Å². The molecular weight excluding hydrogens is 440 g/mol. The molecule has 1 unspecified atom stereocenters. The first-order chi connectivity index (χ1) is 15.9. The van der Waals surface area contributed by atoms with Gasteiger partial charge in [0.05, 0.1) is 16.1 Å². The third kappa shape index (κ3) is 5.65. The molecule has 2 N–H and O–H groups in total. The van der Waals surface area contributed by atoms with Crippen molar-refractivity contribution in [1.29, 1.82) is 0 Å². The monoisotopic (exact) mass is 472 g/mol. The van der Waals surface area contributed by atoms with Crippen LogP contribution in [-0.4, -0.2) is 62.1 Å². The lowest BCUT2D eigenvalue weighted by Crippen LogP contribution is -2.41. The van der Waals surface area contributed by atoms with Gasteiger partial charge in [-0.05, 0) is 74.9 Å². The zero-order valence-electron chi connectivity index (χ0n) is 19.0. The van der Waals surface area contributed by atoms with Crippen molar-refractivity contribution in [2.75, 3.05) is 42.3 Å². The number of aryl methyl sites for hydroxylation is 1. The maximum absolute atomic E-state index is 13.1. The zero-order chi connectivity index (χ0) is 23.4. The van der Waals surface area contributed by atoms with E-state index < -0.39 is 16.0 Å². The Morgan fingerprint density at radius 2 is 1.88 bits per heavy atom. The largest absolute Gasteiger partial charge is 0.478 e. The van der Waals surface area contributed by atoms with E-state index in [1.807, 2.05) is 6.92 Å². The maximum atomic E-state index is 13.1. The van der Waals surface area contributed by atoms with Gasteiger partial charge in [-0.3, -0.25) is 4.72 Å². The molecule has 2 aliphatic heterocycles. The molecule has 9 heteroatoms. The van der Waals surface area contributed by atoms with Crippen LogP contribution in [-0.2, 0) is 16.4 Å².